The average molecular weight is 240 g/mol. The van der Waals surface area contributed by atoms with Gasteiger partial charge < -0.3 is 14.3 Å². The molecule has 4 heteroatoms. The van der Waals surface area contributed by atoms with Gasteiger partial charge in [-0.25, -0.2) is 0 Å². The second-order valence-electron chi connectivity index (χ2n) is 4.50. The fourth-order valence-corrected chi connectivity index (χ4v) is 2.88. The summed E-state index contributed by atoms with van der Waals surface area (Å²) in [4.78, 5) is 3.15. The quantitative estimate of drug-likeness (QED) is 0.823. The van der Waals surface area contributed by atoms with Gasteiger partial charge in [-0.05, 0) is 44.3 Å². The first kappa shape index (κ1) is 11.9. The number of H-pyrrole nitrogens is 1. The van der Waals surface area contributed by atoms with Crippen LogP contribution in [0.2, 0.25) is 0 Å². The summed E-state index contributed by atoms with van der Waals surface area (Å²) in [5, 5.41) is 0. The van der Waals surface area contributed by atoms with Gasteiger partial charge in [-0.15, -0.1) is 0 Å². The van der Waals surface area contributed by atoms with Gasteiger partial charge in [-0.3, -0.25) is 0 Å². The Labute approximate surface area is 102 Å². The highest BCUT2D eigenvalue weighted by molar-refractivity contribution is 7.71. The van der Waals surface area contributed by atoms with E-state index >= 15 is 0 Å². The lowest BCUT2D eigenvalue weighted by molar-refractivity contribution is 0.0508. The van der Waals surface area contributed by atoms with Crippen molar-refractivity contribution in [2.75, 3.05) is 13.2 Å². The van der Waals surface area contributed by atoms with Crippen molar-refractivity contribution < 1.29 is 4.74 Å². The summed E-state index contributed by atoms with van der Waals surface area (Å²) >= 11 is 5.36. The summed E-state index contributed by atoms with van der Waals surface area (Å²) in [6, 6.07) is 0.484. The summed E-state index contributed by atoms with van der Waals surface area (Å²) in [6.07, 6.45) is 5.37. The van der Waals surface area contributed by atoms with Crippen molar-refractivity contribution in [3.05, 3.63) is 16.7 Å². The molecule has 0 radical (unpaired) electrons. The van der Waals surface area contributed by atoms with E-state index in [0.717, 1.165) is 37.2 Å². The van der Waals surface area contributed by atoms with Gasteiger partial charge >= 0.3 is 0 Å². The molecule has 0 saturated carbocycles. The highest BCUT2D eigenvalue weighted by Crippen LogP contribution is 2.28. The minimum absolute atomic E-state index is 0.484. The molecule has 2 rings (SSSR count). The Balaban J connectivity index is 2.21. The number of hydrogen-bond donors (Lipinski definition) is 1. The number of ether oxygens (including phenoxy) is 1. The van der Waals surface area contributed by atoms with Crippen LogP contribution in [0.3, 0.4) is 0 Å². The maximum Gasteiger partial charge on any atom is 0.177 e. The summed E-state index contributed by atoms with van der Waals surface area (Å²) in [7, 11) is 0. The highest BCUT2D eigenvalue weighted by atomic mass is 32.1. The van der Waals surface area contributed by atoms with Crippen molar-refractivity contribution in [1.29, 1.82) is 0 Å². The topological polar surface area (TPSA) is 29.9 Å². The molecule has 16 heavy (non-hydrogen) atoms. The van der Waals surface area contributed by atoms with E-state index in [1.54, 1.807) is 0 Å². The molecule has 1 aromatic rings. The van der Waals surface area contributed by atoms with Crippen LogP contribution in [0.5, 0.6) is 0 Å². The van der Waals surface area contributed by atoms with Gasteiger partial charge in [-0.2, -0.15) is 0 Å². The normalized spacial score (nSPS) is 19.9. The van der Waals surface area contributed by atoms with E-state index in [2.05, 4.69) is 23.4 Å². The second-order valence-corrected chi connectivity index (χ2v) is 4.89. The molecule has 0 bridgehead atoms. The molecule has 0 spiro atoms. The Morgan fingerprint density at radius 2 is 2.25 bits per heavy atom. The minimum atomic E-state index is 0.484. The van der Waals surface area contributed by atoms with Gasteiger partial charge in [-0.1, -0.05) is 6.92 Å². The Kier molecular flexibility index (Phi) is 3.82. The zero-order valence-corrected chi connectivity index (χ0v) is 10.8. The van der Waals surface area contributed by atoms with Gasteiger partial charge in [0.1, 0.15) is 0 Å². The first-order valence-corrected chi connectivity index (χ1v) is 6.51. The third-order valence-corrected chi connectivity index (χ3v) is 3.92. The minimum Gasteiger partial charge on any atom is -0.381 e. The van der Waals surface area contributed by atoms with Crippen molar-refractivity contribution >= 4 is 12.2 Å². The summed E-state index contributed by atoms with van der Waals surface area (Å²) in [6.45, 7) is 6.24. The summed E-state index contributed by atoms with van der Waals surface area (Å²) in [5.74, 6) is 0.696. The molecule has 0 aliphatic carbocycles. The lowest BCUT2D eigenvalue weighted by Crippen LogP contribution is -2.25. The van der Waals surface area contributed by atoms with Crippen LogP contribution in [-0.4, -0.2) is 22.8 Å². The van der Waals surface area contributed by atoms with E-state index in [1.165, 1.54) is 5.69 Å². The fraction of sp³-hybridized carbons (Fsp3) is 0.750. The van der Waals surface area contributed by atoms with Gasteiger partial charge in [0.05, 0.1) is 0 Å². The van der Waals surface area contributed by atoms with Crippen LogP contribution in [0.15, 0.2) is 6.20 Å². The highest BCUT2D eigenvalue weighted by Gasteiger charge is 2.23. The molecule has 1 N–H and O–H groups in total. The predicted molar refractivity (Wildman–Crippen MR) is 67.2 cm³/mol. The molecular weight excluding hydrogens is 220 g/mol. The summed E-state index contributed by atoms with van der Waals surface area (Å²) in [5.41, 5.74) is 1.31. The van der Waals surface area contributed by atoms with Crippen LogP contribution in [0.1, 0.15) is 38.4 Å². The predicted octanol–water partition coefficient (Wildman–Crippen LogP) is 3.10. The van der Waals surface area contributed by atoms with E-state index in [1.807, 2.05) is 6.20 Å². The Morgan fingerprint density at radius 1 is 1.56 bits per heavy atom. The third kappa shape index (κ3) is 2.23. The van der Waals surface area contributed by atoms with Crippen molar-refractivity contribution in [2.24, 2.45) is 5.92 Å². The number of hydrogen-bond acceptors (Lipinski definition) is 2. The van der Waals surface area contributed by atoms with Gasteiger partial charge in [0, 0.05) is 31.1 Å². The maximum absolute atomic E-state index is 5.41. The number of nitrogens with one attached hydrogen (secondary N) is 1. The Hall–Kier alpha value is -0.610. The fourth-order valence-electron chi connectivity index (χ4n) is 2.54. The molecule has 0 aromatic carbocycles. The Bertz CT molecular complexity index is 390. The molecule has 90 valence electrons. The summed E-state index contributed by atoms with van der Waals surface area (Å²) < 4.78 is 8.55. The second kappa shape index (κ2) is 5.15. The first-order valence-electron chi connectivity index (χ1n) is 6.10. The van der Waals surface area contributed by atoms with Crippen LogP contribution in [0.25, 0.3) is 0 Å². The molecule has 1 saturated heterocycles. The first-order chi connectivity index (χ1) is 7.74. The van der Waals surface area contributed by atoms with Crippen molar-refractivity contribution in [3.63, 3.8) is 0 Å². The maximum atomic E-state index is 5.41. The third-order valence-electron chi connectivity index (χ3n) is 3.61. The molecule has 2 heterocycles. The van der Waals surface area contributed by atoms with Crippen LogP contribution >= 0.6 is 12.2 Å². The lowest BCUT2D eigenvalue weighted by atomic mass is 9.92. The molecule has 1 fully saturated rings. The van der Waals surface area contributed by atoms with Gasteiger partial charge in [0.2, 0.25) is 0 Å². The van der Waals surface area contributed by atoms with E-state index in [0.29, 0.717) is 12.0 Å². The average Bonchev–Trinajstić information content (AvgIpc) is 2.70. The molecule has 1 unspecified atom stereocenters. The lowest BCUT2D eigenvalue weighted by Gasteiger charge is -2.29. The van der Waals surface area contributed by atoms with Crippen molar-refractivity contribution in [2.45, 2.75) is 39.2 Å². The number of aromatic nitrogens is 2. The molecule has 1 aliphatic rings. The SMILES string of the molecule is CCc1c[nH]c(=S)n1C(C)C1CCOCC1. The number of imidazole rings is 1. The van der Waals surface area contributed by atoms with Gasteiger partial charge in [0.15, 0.2) is 4.77 Å². The molecule has 1 atom stereocenters. The molecular formula is C12H20N2OS. The van der Waals surface area contributed by atoms with E-state index < -0.39 is 0 Å². The smallest absolute Gasteiger partial charge is 0.177 e. The van der Waals surface area contributed by atoms with Crippen LogP contribution in [-0.2, 0) is 11.2 Å². The standard InChI is InChI=1S/C12H20N2OS/c1-3-11-8-13-12(16)14(11)9(2)10-4-6-15-7-5-10/h8-10H,3-7H2,1-2H3,(H,13,16). The van der Waals surface area contributed by atoms with E-state index in [9.17, 15) is 0 Å². The zero-order valence-electron chi connectivity index (χ0n) is 10.0. The number of aromatic amines is 1. The van der Waals surface area contributed by atoms with Crippen LogP contribution in [0, 0.1) is 10.7 Å². The molecule has 3 nitrogen and oxygen atoms in total. The van der Waals surface area contributed by atoms with E-state index in [4.69, 9.17) is 17.0 Å². The molecule has 1 aliphatic heterocycles. The van der Waals surface area contributed by atoms with Crippen molar-refractivity contribution in [1.82, 2.24) is 9.55 Å². The Morgan fingerprint density at radius 3 is 2.88 bits per heavy atom. The van der Waals surface area contributed by atoms with Crippen LogP contribution in [0.4, 0.5) is 0 Å². The van der Waals surface area contributed by atoms with Crippen LogP contribution < -0.4 is 0 Å². The molecule has 0 amide bonds. The monoisotopic (exact) mass is 240 g/mol. The molecule has 1 aromatic heterocycles. The number of rotatable bonds is 3. The zero-order chi connectivity index (χ0) is 11.5. The number of nitrogens with zero attached hydrogens (tertiary/aromatic N) is 1. The largest absolute Gasteiger partial charge is 0.381 e. The van der Waals surface area contributed by atoms with Crippen molar-refractivity contribution in [3.8, 4) is 0 Å². The number of aryl methyl sites for hydroxylation is 1. The van der Waals surface area contributed by atoms with E-state index in [-0.39, 0.29) is 0 Å². The van der Waals surface area contributed by atoms with Gasteiger partial charge in [0.25, 0.3) is 0 Å².